The highest BCUT2D eigenvalue weighted by Gasteiger charge is 2.19. The van der Waals surface area contributed by atoms with Gasteiger partial charge >= 0.3 is 0 Å². The van der Waals surface area contributed by atoms with Gasteiger partial charge in [0.1, 0.15) is 0 Å². The van der Waals surface area contributed by atoms with Crippen molar-refractivity contribution in [3.05, 3.63) is 29.8 Å². The Balaban J connectivity index is 1.84. The predicted molar refractivity (Wildman–Crippen MR) is 108 cm³/mol. The zero-order valence-corrected chi connectivity index (χ0v) is 17.5. The third-order valence-corrected chi connectivity index (χ3v) is 7.86. The van der Waals surface area contributed by atoms with Gasteiger partial charge < -0.3 is 5.32 Å². The lowest BCUT2D eigenvalue weighted by Crippen LogP contribution is -2.35. The average Bonchev–Trinajstić information content (AvgIpc) is 2.65. The lowest BCUT2D eigenvalue weighted by molar-refractivity contribution is -0.120. The van der Waals surface area contributed by atoms with Gasteiger partial charge in [0.2, 0.25) is 15.9 Å². The minimum absolute atomic E-state index is 0.0673. The summed E-state index contributed by atoms with van der Waals surface area (Å²) in [5, 5.41) is 2.92. The number of carbonyl (C=O) groups is 1. The largest absolute Gasteiger partial charge is 0.355 e. The van der Waals surface area contributed by atoms with E-state index in [2.05, 4.69) is 5.32 Å². The SMILES string of the molecule is C[C@@H](SCc1cccc(S(=O)(=O)N(C)C)c1)C(=O)NCC1CCCCC1. The van der Waals surface area contributed by atoms with Crippen LogP contribution in [0.1, 0.15) is 44.6 Å². The number of thioether (sulfide) groups is 1. The number of rotatable bonds is 8. The second-order valence-electron chi connectivity index (χ2n) is 7.14. The standard InChI is InChI=1S/C19H30N2O3S2/c1-15(19(22)20-13-16-8-5-4-6-9-16)25-14-17-10-7-11-18(12-17)26(23,24)21(2)3/h7,10-12,15-16H,4-6,8-9,13-14H2,1-3H3,(H,20,22)/t15-/m1/s1. The van der Waals surface area contributed by atoms with Crippen molar-refractivity contribution in [1.29, 1.82) is 0 Å². The first-order chi connectivity index (χ1) is 12.3. The number of carbonyl (C=O) groups excluding carboxylic acids is 1. The maximum absolute atomic E-state index is 12.3. The van der Waals surface area contributed by atoms with Gasteiger partial charge in [-0.05, 0) is 43.4 Å². The first-order valence-corrected chi connectivity index (χ1v) is 11.7. The smallest absolute Gasteiger partial charge is 0.242 e. The van der Waals surface area contributed by atoms with Crippen molar-refractivity contribution in [1.82, 2.24) is 9.62 Å². The summed E-state index contributed by atoms with van der Waals surface area (Å²) in [7, 11) is -0.384. The molecule has 1 fully saturated rings. The Kier molecular flexibility index (Phi) is 7.98. The molecule has 1 N–H and O–H groups in total. The molecule has 0 unspecified atom stereocenters. The second-order valence-corrected chi connectivity index (χ2v) is 10.6. The molecule has 2 rings (SSSR count). The molecule has 0 heterocycles. The van der Waals surface area contributed by atoms with E-state index in [1.54, 1.807) is 18.2 Å². The molecular formula is C19H30N2O3S2. The molecule has 1 aliphatic carbocycles. The summed E-state index contributed by atoms with van der Waals surface area (Å²) < 4.78 is 25.7. The Morgan fingerprint density at radius 3 is 2.62 bits per heavy atom. The van der Waals surface area contributed by atoms with Crippen molar-refractivity contribution in [2.24, 2.45) is 5.92 Å². The predicted octanol–water partition coefficient (Wildman–Crippen LogP) is 3.26. The fourth-order valence-electron chi connectivity index (χ4n) is 3.08. The van der Waals surface area contributed by atoms with Crippen molar-refractivity contribution in [2.75, 3.05) is 20.6 Å². The van der Waals surface area contributed by atoms with Crippen LogP contribution in [0.5, 0.6) is 0 Å². The molecule has 1 amide bonds. The van der Waals surface area contributed by atoms with Gasteiger partial charge in [-0.25, -0.2) is 12.7 Å². The number of nitrogens with one attached hydrogen (secondary N) is 1. The van der Waals surface area contributed by atoms with E-state index in [9.17, 15) is 13.2 Å². The molecule has 1 aromatic carbocycles. The number of amides is 1. The topological polar surface area (TPSA) is 66.5 Å². The number of hydrogen-bond donors (Lipinski definition) is 1. The minimum Gasteiger partial charge on any atom is -0.355 e. The highest BCUT2D eigenvalue weighted by Crippen LogP contribution is 2.24. The van der Waals surface area contributed by atoms with Crippen molar-refractivity contribution in [2.45, 2.75) is 54.9 Å². The number of sulfonamides is 1. The number of nitrogens with zero attached hydrogens (tertiary/aromatic N) is 1. The van der Waals surface area contributed by atoms with E-state index in [4.69, 9.17) is 0 Å². The van der Waals surface area contributed by atoms with Gasteiger partial charge in [-0.15, -0.1) is 11.8 Å². The Hall–Kier alpha value is -1.05. The first kappa shape index (κ1) is 21.3. The molecule has 1 saturated carbocycles. The fraction of sp³-hybridized carbons (Fsp3) is 0.632. The summed E-state index contributed by atoms with van der Waals surface area (Å²) in [5.41, 5.74) is 0.907. The van der Waals surface area contributed by atoms with E-state index in [1.165, 1.54) is 62.3 Å². The molecule has 1 aromatic rings. The molecule has 1 aliphatic rings. The van der Waals surface area contributed by atoms with E-state index in [0.717, 1.165) is 12.1 Å². The second kappa shape index (κ2) is 9.76. The third-order valence-electron chi connectivity index (χ3n) is 4.84. The van der Waals surface area contributed by atoms with Crippen LogP contribution in [0.3, 0.4) is 0 Å². The van der Waals surface area contributed by atoms with Gasteiger partial charge in [-0.1, -0.05) is 31.4 Å². The van der Waals surface area contributed by atoms with Crippen LogP contribution in [0.25, 0.3) is 0 Å². The van der Waals surface area contributed by atoms with Crippen LogP contribution in [0.2, 0.25) is 0 Å². The first-order valence-electron chi connectivity index (χ1n) is 9.21. The van der Waals surface area contributed by atoms with E-state index in [-0.39, 0.29) is 16.1 Å². The van der Waals surface area contributed by atoms with Crippen molar-refractivity contribution >= 4 is 27.7 Å². The summed E-state index contributed by atoms with van der Waals surface area (Å²) in [6, 6.07) is 6.94. The van der Waals surface area contributed by atoms with Crippen LogP contribution < -0.4 is 5.32 Å². The molecular weight excluding hydrogens is 368 g/mol. The van der Waals surface area contributed by atoms with Gasteiger partial charge in [-0.2, -0.15) is 0 Å². The molecule has 5 nitrogen and oxygen atoms in total. The van der Waals surface area contributed by atoms with Gasteiger partial charge in [0.05, 0.1) is 10.1 Å². The summed E-state index contributed by atoms with van der Waals surface area (Å²) in [5.74, 6) is 1.30. The normalized spacial score (nSPS) is 17.2. The molecule has 0 bridgehead atoms. The van der Waals surface area contributed by atoms with Crippen molar-refractivity contribution in [3.63, 3.8) is 0 Å². The molecule has 26 heavy (non-hydrogen) atoms. The average molecular weight is 399 g/mol. The Morgan fingerprint density at radius 1 is 1.27 bits per heavy atom. The van der Waals surface area contributed by atoms with Crippen LogP contribution in [0.4, 0.5) is 0 Å². The maximum Gasteiger partial charge on any atom is 0.242 e. The molecule has 0 aliphatic heterocycles. The van der Waals surface area contributed by atoms with Crippen LogP contribution in [0.15, 0.2) is 29.2 Å². The van der Waals surface area contributed by atoms with Gasteiger partial charge in [0.15, 0.2) is 0 Å². The molecule has 146 valence electrons. The fourth-order valence-corrected chi connectivity index (χ4v) is 4.91. The summed E-state index contributed by atoms with van der Waals surface area (Å²) in [6.45, 7) is 2.68. The Morgan fingerprint density at radius 2 is 1.96 bits per heavy atom. The maximum atomic E-state index is 12.3. The van der Waals surface area contributed by atoms with Crippen LogP contribution in [-0.2, 0) is 20.6 Å². The molecule has 0 radical (unpaired) electrons. The Labute approximate surface area is 162 Å². The quantitative estimate of drug-likeness (QED) is 0.730. The minimum atomic E-state index is -3.43. The molecule has 0 saturated heterocycles. The zero-order valence-electron chi connectivity index (χ0n) is 15.9. The number of benzene rings is 1. The highest BCUT2D eigenvalue weighted by molar-refractivity contribution is 7.99. The van der Waals surface area contributed by atoms with Gasteiger partial charge in [-0.3, -0.25) is 4.79 Å². The highest BCUT2D eigenvalue weighted by atomic mass is 32.2. The lowest BCUT2D eigenvalue weighted by atomic mass is 9.89. The zero-order chi connectivity index (χ0) is 19.2. The van der Waals surface area contributed by atoms with E-state index in [1.807, 2.05) is 13.0 Å². The van der Waals surface area contributed by atoms with Gasteiger partial charge in [0.25, 0.3) is 0 Å². The molecule has 7 heteroatoms. The van der Waals surface area contributed by atoms with E-state index in [0.29, 0.717) is 11.7 Å². The van der Waals surface area contributed by atoms with E-state index >= 15 is 0 Å². The van der Waals surface area contributed by atoms with E-state index < -0.39 is 10.0 Å². The molecule has 0 aromatic heterocycles. The molecule has 1 atom stereocenters. The summed E-state index contributed by atoms with van der Waals surface area (Å²) in [4.78, 5) is 12.6. The summed E-state index contributed by atoms with van der Waals surface area (Å²) >= 11 is 1.53. The monoisotopic (exact) mass is 398 g/mol. The van der Waals surface area contributed by atoms with Gasteiger partial charge in [0, 0.05) is 26.4 Å². The van der Waals surface area contributed by atoms with Crippen molar-refractivity contribution in [3.8, 4) is 0 Å². The number of hydrogen-bond acceptors (Lipinski definition) is 4. The lowest BCUT2D eigenvalue weighted by Gasteiger charge is -2.22. The van der Waals surface area contributed by atoms with Crippen LogP contribution in [-0.4, -0.2) is 44.5 Å². The Bertz CT molecular complexity index is 698. The summed E-state index contributed by atoms with van der Waals surface area (Å²) in [6.07, 6.45) is 6.30. The van der Waals surface area contributed by atoms with Crippen LogP contribution >= 0.6 is 11.8 Å². The molecule has 0 spiro atoms. The van der Waals surface area contributed by atoms with Crippen molar-refractivity contribution < 1.29 is 13.2 Å². The third kappa shape index (κ3) is 5.99. The van der Waals surface area contributed by atoms with Crippen LogP contribution in [0, 0.1) is 5.92 Å².